The van der Waals surface area contributed by atoms with E-state index in [1.807, 2.05) is 13.8 Å². The van der Waals surface area contributed by atoms with Gasteiger partial charge in [0.1, 0.15) is 0 Å². The molecule has 1 aliphatic heterocycles. The molecule has 0 aromatic carbocycles. The molecule has 0 amide bonds. The second kappa shape index (κ2) is 4.15. The van der Waals surface area contributed by atoms with Crippen LogP contribution >= 0.6 is 15.9 Å². The van der Waals surface area contributed by atoms with Gasteiger partial charge in [-0.25, -0.2) is 9.97 Å². The van der Waals surface area contributed by atoms with Crippen LogP contribution in [-0.4, -0.2) is 23.2 Å². The number of rotatable bonds is 2. The largest absolute Gasteiger partial charge is 0.341 e. The van der Waals surface area contributed by atoms with Gasteiger partial charge in [-0.1, -0.05) is 15.9 Å². The molecule has 1 aliphatic rings. The average Bonchev–Trinajstić information content (AvgIpc) is 2.67. The predicted octanol–water partition coefficient (Wildman–Crippen LogP) is 2.15. The molecule has 1 aromatic rings. The van der Waals surface area contributed by atoms with Gasteiger partial charge >= 0.3 is 0 Å². The van der Waals surface area contributed by atoms with Crippen LogP contribution in [0.3, 0.4) is 0 Å². The van der Waals surface area contributed by atoms with Gasteiger partial charge < -0.3 is 9.47 Å². The van der Waals surface area contributed by atoms with Crippen molar-refractivity contribution >= 4 is 15.9 Å². The number of hydrogen-bond donors (Lipinski definition) is 0. The van der Waals surface area contributed by atoms with Crippen LogP contribution in [0.2, 0.25) is 0 Å². The predicted molar refractivity (Wildman–Crippen MR) is 58.6 cm³/mol. The average molecular weight is 273 g/mol. The lowest BCUT2D eigenvalue weighted by atomic mass is 10.2. The summed E-state index contributed by atoms with van der Waals surface area (Å²) in [7, 11) is 0. The molecule has 0 bridgehead atoms. The Kier molecular flexibility index (Phi) is 3.04. The van der Waals surface area contributed by atoms with Gasteiger partial charge in [0.25, 0.3) is 0 Å². The summed E-state index contributed by atoms with van der Waals surface area (Å²) < 4.78 is 10.9. The van der Waals surface area contributed by atoms with Crippen molar-refractivity contribution in [3.8, 4) is 0 Å². The van der Waals surface area contributed by atoms with E-state index < -0.39 is 5.79 Å². The lowest BCUT2D eigenvalue weighted by molar-refractivity contribution is -0.156. The van der Waals surface area contributed by atoms with Crippen LogP contribution in [0.25, 0.3) is 0 Å². The lowest BCUT2D eigenvalue weighted by Crippen LogP contribution is -2.25. The molecule has 5 heteroatoms. The summed E-state index contributed by atoms with van der Waals surface area (Å²) in [6.45, 7) is 5.06. The molecule has 0 radical (unpaired) electrons. The molecular formula is C10H13BrN2O2. The number of nitrogens with zero attached hydrogens (tertiary/aromatic N) is 2. The Labute approximate surface area is 97.1 Å². The Morgan fingerprint density at radius 2 is 1.87 bits per heavy atom. The van der Waals surface area contributed by atoms with Crippen molar-refractivity contribution in [2.24, 2.45) is 0 Å². The van der Waals surface area contributed by atoms with Crippen LogP contribution in [0, 0.1) is 0 Å². The number of aromatic nitrogens is 2. The van der Waals surface area contributed by atoms with E-state index in [0.29, 0.717) is 19.0 Å². The fourth-order valence-electron chi connectivity index (χ4n) is 1.42. The van der Waals surface area contributed by atoms with E-state index in [4.69, 9.17) is 9.47 Å². The van der Waals surface area contributed by atoms with Crippen LogP contribution in [-0.2, 0) is 15.3 Å². The highest BCUT2D eigenvalue weighted by molar-refractivity contribution is 9.09. The minimum Gasteiger partial charge on any atom is -0.341 e. The molecule has 15 heavy (non-hydrogen) atoms. The summed E-state index contributed by atoms with van der Waals surface area (Å²) in [5.41, 5.74) is 1.04. The third-order valence-corrected chi connectivity index (χ3v) is 2.90. The first-order chi connectivity index (χ1) is 7.12. The van der Waals surface area contributed by atoms with Gasteiger partial charge in [-0.15, -0.1) is 0 Å². The molecule has 0 saturated carbocycles. The molecule has 0 spiro atoms. The molecule has 82 valence electrons. The molecule has 0 N–H and O–H groups in total. The van der Waals surface area contributed by atoms with Crippen molar-refractivity contribution in [1.29, 1.82) is 0 Å². The highest BCUT2D eigenvalue weighted by Crippen LogP contribution is 2.28. The van der Waals surface area contributed by atoms with Gasteiger partial charge in [-0.05, 0) is 13.8 Å². The van der Waals surface area contributed by atoms with E-state index in [0.717, 1.165) is 5.56 Å². The summed E-state index contributed by atoms with van der Waals surface area (Å²) in [5, 5.41) is 0. The first-order valence-electron chi connectivity index (χ1n) is 4.86. The van der Waals surface area contributed by atoms with E-state index in [1.54, 1.807) is 12.4 Å². The summed E-state index contributed by atoms with van der Waals surface area (Å²) in [6, 6.07) is 0. The van der Waals surface area contributed by atoms with Crippen molar-refractivity contribution in [3.63, 3.8) is 0 Å². The maximum atomic E-state index is 5.47. The third kappa shape index (κ3) is 2.19. The minimum atomic E-state index is -0.770. The Balaban J connectivity index is 2.23. The summed E-state index contributed by atoms with van der Waals surface area (Å²) in [6.07, 6.45) is 3.58. The fourth-order valence-corrected chi connectivity index (χ4v) is 1.66. The third-order valence-electron chi connectivity index (χ3n) is 2.38. The van der Waals surface area contributed by atoms with Crippen LogP contribution in [0.15, 0.2) is 12.4 Å². The quantitative estimate of drug-likeness (QED) is 0.774. The van der Waals surface area contributed by atoms with Crippen LogP contribution < -0.4 is 0 Å². The van der Waals surface area contributed by atoms with Crippen molar-refractivity contribution in [2.75, 3.05) is 13.2 Å². The number of ether oxygens (including phenoxy) is 2. The first kappa shape index (κ1) is 11.0. The zero-order valence-electron chi connectivity index (χ0n) is 8.74. The highest BCUT2D eigenvalue weighted by Gasteiger charge is 2.36. The van der Waals surface area contributed by atoms with Gasteiger partial charge in [-0.2, -0.15) is 0 Å². The zero-order chi connectivity index (χ0) is 10.9. The van der Waals surface area contributed by atoms with Crippen LogP contribution in [0.1, 0.15) is 30.1 Å². The molecule has 2 rings (SSSR count). The van der Waals surface area contributed by atoms with Crippen molar-refractivity contribution < 1.29 is 9.47 Å². The normalized spacial score (nSPS) is 21.5. The Hall–Kier alpha value is -0.520. The first-order valence-corrected chi connectivity index (χ1v) is 5.78. The van der Waals surface area contributed by atoms with Crippen LogP contribution in [0.4, 0.5) is 0 Å². The molecule has 1 atom stereocenters. The fraction of sp³-hybridized carbons (Fsp3) is 0.600. The Morgan fingerprint density at radius 1 is 1.33 bits per heavy atom. The second-order valence-electron chi connectivity index (χ2n) is 3.60. The Bertz CT molecular complexity index is 334. The van der Waals surface area contributed by atoms with Gasteiger partial charge in [0.15, 0.2) is 5.82 Å². The summed E-state index contributed by atoms with van der Waals surface area (Å²) in [4.78, 5) is 8.78. The van der Waals surface area contributed by atoms with Gasteiger partial charge in [0.05, 0.1) is 13.2 Å². The molecule has 0 aliphatic carbocycles. The van der Waals surface area contributed by atoms with E-state index in [1.165, 1.54) is 0 Å². The molecule has 2 heterocycles. The monoisotopic (exact) mass is 272 g/mol. The summed E-state index contributed by atoms with van der Waals surface area (Å²) in [5.74, 6) is -0.189. The maximum absolute atomic E-state index is 5.47. The number of hydrogen-bond acceptors (Lipinski definition) is 4. The van der Waals surface area contributed by atoms with E-state index in [-0.39, 0.29) is 4.83 Å². The maximum Gasteiger partial charge on any atom is 0.227 e. The van der Waals surface area contributed by atoms with Gasteiger partial charge in [0, 0.05) is 22.8 Å². The topological polar surface area (TPSA) is 44.2 Å². The standard InChI is InChI=1S/C10H13BrN2O2/c1-7(11)8-5-12-9(13-6-8)10(2)14-3-4-15-10/h5-7H,3-4H2,1-2H3. The summed E-state index contributed by atoms with van der Waals surface area (Å²) >= 11 is 3.46. The molecule has 1 unspecified atom stereocenters. The van der Waals surface area contributed by atoms with Gasteiger partial charge in [0.2, 0.25) is 5.79 Å². The van der Waals surface area contributed by atoms with Crippen molar-refractivity contribution in [2.45, 2.75) is 24.5 Å². The zero-order valence-corrected chi connectivity index (χ0v) is 10.3. The molecule has 1 saturated heterocycles. The smallest absolute Gasteiger partial charge is 0.227 e. The van der Waals surface area contributed by atoms with E-state index in [2.05, 4.69) is 25.9 Å². The number of halogens is 1. The van der Waals surface area contributed by atoms with E-state index in [9.17, 15) is 0 Å². The highest BCUT2D eigenvalue weighted by atomic mass is 79.9. The van der Waals surface area contributed by atoms with Crippen LogP contribution in [0.5, 0.6) is 0 Å². The molecular weight excluding hydrogens is 260 g/mol. The molecule has 1 aromatic heterocycles. The molecule has 1 fully saturated rings. The lowest BCUT2D eigenvalue weighted by Gasteiger charge is -2.20. The number of alkyl halides is 1. The van der Waals surface area contributed by atoms with E-state index >= 15 is 0 Å². The molecule has 4 nitrogen and oxygen atoms in total. The van der Waals surface area contributed by atoms with Gasteiger partial charge in [-0.3, -0.25) is 0 Å². The SMILES string of the molecule is CC(Br)c1cnc(C2(C)OCCO2)nc1. The van der Waals surface area contributed by atoms with Crippen molar-refractivity contribution in [1.82, 2.24) is 9.97 Å². The second-order valence-corrected chi connectivity index (χ2v) is 4.97. The minimum absolute atomic E-state index is 0.254. The Morgan fingerprint density at radius 3 is 2.33 bits per heavy atom. The van der Waals surface area contributed by atoms with Crippen molar-refractivity contribution in [3.05, 3.63) is 23.8 Å².